The number of nitrogens with zero attached hydrogens (tertiary/aromatic N) is 3. The van der Waals surface area contributed by atoms with Gasteiger partial charge in [-0.1, -0.05) is 5.21 Å². The molecule has 0 atom stereocenters. The van der Waals surface area contributed by atoms with Crippen molar-refractivity contribution in [2.45, 2.75) is 38.1 Å². The molecule has 0 saturated heterocycles. The monoisotopic (exact) mass is 273 g/mol. The number of hydrogen-bond donors (Lipinski definition) is 1. The van der Waals surface area contributed by atoms with Crippen molar-refractivity contribution < 1.29 is 9.90 Å². The Morgan fingerprint density at radius 3 is 2.45 bits per heavy atom. The predicted octanol–water partition coefficient (Wildman–Crippen LogP) is 2.37. The Balaban J connectivity index is 1.57. The minimum absolute atomic E-state index is 0.488. The molecular weight excluding hydrogens is 254 g/mol. The van der Waals surface area contributed by atoms with E-state index in [-0.39, 0.29) is 0 Å². The summed E-state index contributed by atoms with van der Waals surface area (Å²) in [4.78, 5) is 10.5. The average Bonchev–Trinajstić information content (AvgIpc) is 2.83. The van der Waals surface area contributed by atoms with Crippen LogP contribution in [0.4, 0.5) is 0 Å². The second-order valence-electron chi connectivity index (χ2n) is 6.72. The molecule has 4 saturated carbocycles. The van der Waals surface area contributed by atoms with Gasteiger partial charge in [-0.15, -0.1) is 5.10 Å². The standard InChI is InChI=1S/C15H19N3O2/c19-14(20)2-1-13-8-18(17-16-13)15-11-4-9-3-10(6-11)7-12(15)5-9/h1-2,8-12,15H,3-7H2,(H,19,20)/b2-1+. The van der Waals surface area contributed by atoms with Crippen molar-refractivity contribution in [3.8, 4) is 0 Å². The van der Waals surface area contributed by atoms with E-state index in [2.05, 4.69) is 10.3 Å². The average molecular weight is 273 g/mol. The number of hydrogen-bond acceptors (Lipinski definition) is 3. The Bertz CT molecular complexity index is 535. The van der Waals surface area contributed by atoms with Crippen molar-refractivity contribution in [2.24, 2.45) is 23.7 Å². The first-order chi connectivity index (χ1) is 9.69. The molecule has 4 aliphatic carbocycles. The third-order valence-corrected chi connectivity index (χ3v) is 5.41. The van der Waals surface area contributed by atoms with E-state index in [1.54, 1.807) is 0 Å². The van der Waals surface area contributed by atoms with Gasteiger partial charge in [-0.25, -0.2) is 9.48 Å². The summed E-state index contributed by atoms with van der Waals surface area (Å²) in [6, 6.07) is 0.488. The van der Waals surface area contributed by atoms with Crippen LogP contribution >= 0.6 is 0 Å². The molecule has 5 heteroatoms. The fourth-order valence-electron chi connectivity index (χ4n) is 5.00. The maximum absolute atomic E-state index is 10.5. The molecular formula is C15H19N3O2. The van der Waals surface area contributed by atoms with Crippen LogP contribution in [0.2, 0.25) is 0 Å². The largest absolute Gasteiger partial charge is 0.478 e. The zero-order valence-electron chi connectivity index (χ0n) is 11.4. The molecule has 0 aromatic carbocycles. The molecule has 0 amide bonds. The molecule has 0 aliphatic heterocycles. The zero-order valence-corrected chi connectivity index (χ0v) is 11.4. The van der Waals surface area contributed by atoms with Crippen molar-refractivity contribution in [3.05, 3.63) is 18.0 Å². The summed E-state index contributed by atoms with van der Waals surface area (Å²) >= 11 is 0. The van der Waals surface area contributed by atoms with Crippen molar-refractivity contribution in [2.75, 3.05) is 0 Å². The lowest BCUT2D eigenvalue weighted by Crippen LogP contribution is -2.46. The summed E-state index contributed by atoms with van der Waals surface area (Å²) in [5.74, 6) is 2.45. The van der Waals surface area contributed by atoms with Gasteiger partial charge in [0.05, 0.1) is 12.2 Å². The van der Waals surface area contributed by atoms with Crippen molar-refractivity contribution >= 4 is 12.0 Å². The molecule has 5 nitrogen and oxygen atoms in total. The summed E-state index contributed by atoms with van der Waals surface area (Å²) in [6.45, 7) is 0. The van der Waals surface area contributed by atoms with Gasteiger partial charge in [0.1, 0.15) is 5.69 Å². The molecule has 0 radical (unpaired) electrons. The van der Waals surface area contributed by atoms with Crippen LogP contribution in [0.25, 0.3) is 6.08 Å². The maximum atomic E-state index is 10.5. The van der Waals surface area contributed by atoms with Gasteiger partial charge in [-0.2, -0.15) is 0 Å². The number of carboxylic acid groups (broad SMARTS) is 1. The van der Waals surface area contributed by atoms with Crippen LogP contribution in [-0.4, -0.2) is 26.1 Å². The molecule has 0 spiro atoms. The van der Waals surface area contributed by atoms with Gasteiger partial charge in [0.2, 0.25) is 0 Å². The third kappa shape index (κ3) is 1.96. The van der Waals surface area contributed by atoms with Crippen LogP contribution in [-0.2, 0) is 4.79 Å². The SMILES string of the molecule is O=C(O)/C=C/c1cn(C2C3CC4CC(C3)CC2C4)nn1. The molecule has 5 rings (SSSR count). The lowest BCUT2D eigenvalue weighted by Gasteiger charge is -2.54. The van der Waals surface area contributed by atoms with Gasteiger partial charge < -0.3 is 5.11 Å². The van der Waals surface area contributed by atoms with Gasteiger partial charge in [-0.3, -0.25) is 0 Å². The number of aromatic nitrogens is 3. The molecule has 1 heterocycles. The Kier molecular flexibility index (Phi) is 2.69. The van der Waals surface area contributed by atoms with Gasteiger partial charge >= 0.3 is 5.97 Å². The maximum Gasteiger partial charge on any atom is 0.328 e. The van der Waals surface area contributed by atoms with E-state index in [0.717, 1.165) is 29.7 Å². The summed E-state index contributed by atoms with van der Waals surface area (Å²) in [5, 5.41) is 17.0. The minimum atomic E-state index is -0.950. The van der Waals surface area contributed by atoms with Crippen molar-refractivity contribution in [3.63, 3.8) is 0 Å². The second-order valence-corrected chi connectivity index (χ2v) is 6.72. The Morgan fingerprint density at radius 2 is 1.85 bits per heavy atom. The van der Waals surface area contributed by atoms with Gasteiger partial charge in [0, 0.05) is 6.08 Å². The molecule has 4 fully saturated rings. The van der Waals surface area contributed by atoms with E-state index in [1.165, 1.54) is 38.2 Å². The summed E-state index contributed by atoms with van der Waals surface area (Å²) in [7, 11) is 0. The van der Waals surface area contributed by atoms with Gasteiger partial charge in [-0.05, 0) is 61.9 Å². The van der Waals surface area contributed by atoms with Crippen LogP contribution < -0.4 is 0 Å². The number of aliphatic carboxylic acids is 1. The smallest absolute Gasteiger partial charge is 0.328 e. The highest BCUT2D eigenvalue weighted by Gasteiger charge is 2.49. The molecule has 4 aliphatic rings. The zero-order chi connectivity index (χ0) is 13.7. The summed E-state index contributed by atoms with van der Waals surface area (Å²) in [5.41, 5.74) is 0.640. The Labute approximate surface area is 117 Å². The van der Waals surface area contributed by atoms with Crippen LogP contribution in [0.1, 0.15) is 43.8 Å². The Hall–Kier alpha value is -1.65. The van der Waals surface area contributed by atoms with Crippen molar-refractivity contribution in [1.29, 1.82) is 0 Å². The van der Waals surface area contributed by atoms with Gasteiger partial charge in [0.15, 0.2) is 0 Å². The predicted molar refractivity (Wildman–Crippen MR) is 72.8 cm³/mol. The van der Waals surface area contributed by atoms with Gasteiger partial charge in [0.25, 0.3) is 0 Å². The second kappa shape index (κ2) is 4.43. The summed E-state index contributed by atoms with van der Waals surface area (Å²) < 4.78 is 2.01. The lowest BCUT2D eigenvalue weighted by molar-refractivity contribution is -0.131. The third-order valence-electron chi connectivity index (χ3n) is 5.41. The molecule has 4 bridgehead atoms. The normalized spacial score (nSPS) is 38.7. The van der Waals surface area contributed by atoms with Crippen LogP contribution in [0.15, 0.2) is 12.3 Å². The lowest BCUT2D eigenvalue weighted by atomic mass is 9.54. The van der Waals surface area contributed by atoms with Crippen LogP contribution in [0, 0.1) is 23.7 Å². The van der Waals surface area contributed by atoms with E-state index >= 15 is 0 Å². The highest BCUT2D eigenvalue weighted by Crippen LogP contribution is 2.58. The highest BCUT2D eigenvalue weighted by molar-refractivity contribution is 5.84. The van der Waals surface area contributed by atoms with E-state index in [1.807, 2.05) is 10.9 Å². The first-order valence-electron chi connectivity index (χ1n) is 7.52. The fourth-order valence-corrected chi connectivity index (χ4v) is 5.00. The van der Waals surface area contributed by atoms with E-state index in [4.69, 9.17) is 5.11 Å². The summed E-state index contributed by atoms with van der Waals surface area (Å²) in [6.07, 6.45) is 11.4. The van der Waals surface area contributed by atoms with Crippen LogP contribution in [0.5, 0.6) is 0 Å². The quantitative estimate of drug-likeness (QED) is 0.858. The number of carbonyl (C=O) groups is 1. The van der Waals surface area contributed by atoms with E-state index in [0.29, 0.717) is 11.7 Å². The van der Waals surface area contributed by atoms with E-state index < -0.39 is 5.97 Å². The topological polar surface area (TPSA) is 68.0 Å². The highest BCUT2D eigenvalue weighted by atomic mass is 16.4. The molecule has 1 N–H and O–H groups in total. The number of rotatable bonds is 3. The number of carboxylic acids is 1. The molecule has 20 heavy (non-hydrogen) atoms. The molecule has 1 aromatic heterocycles. The molecule has 106 valence electrons. The fraction of sp³-hybridized carbons (Fsp3) is 0.667. The minimum Gasteiger partial charge on any atom is -0.478 e. The van der Waals surface area contributed by atoms with E-state index in [9.17, 15) is 4.79 Å². The first kappa shape index (κ1) is 12.1. The first-order valence-corrected chi connectivity index (χ1v) is 7.52. The molecule has 0 unspecified atom stereocenters. The van der Waals surface area contributed by atoms with Crippen molar-refractivity contribution in [1.82, 2.24) is 15.0 Å². The van der Waals surface area contributed by atoms with Crippen LogP contribution in [0.3, 0.4) is 0 Å². The molecule has 1 aromatic rings. The Morgan fingerprint density at radius 1 is 1.20 bits per heavy atom.